The molecule has 162 valence electrons. The van der Waals surface area contributed by atoms with Crippen molar-refractivity contribution in [2.45, 2.75) is 17.6 Å². The first-order chi connectivity index (χ1) is 15.3. The fraction of sp³-hybridized carbons (Fsp3) is 0.125. The number of benzene rings is 3. The number of halogens is 2. The van der Waals surface area contributed by atoms with E-state index in [1.165, 1.54) is 16.9 Å². The van der Waals surface area contributed by atoms with Crippen LogP contribution in [0, 0.1) is 6.92 Å². The molecule has 0 amide bonds. The number of hydrogen-bond acceptors (Lipinski definition) is 4. The van der Waals surface area contributed by atoms with E-state index in [2.05, 4.69) is 4.72 Å². The number of rotatable bonds is 4. The number of aryl methyl sites for hydroxylation is 1. The van der Waals surface area contributed by atoms with Gasteiger partial charge in [-0.3, -0.25) is 9.71 Å². The van der Waals surface area contributed by atoms with Crippen molar-refractivity contribution < 1.29 is 8.42 Å². The predicted molar refractivity (Wildman–Crippen MR) is 134 cm³/mol. The summed E-state index contributed by atoms with van der Waals surface area (Å²) < 4.78 is 30.4. The zero-order valence-electron chi connectivity index (χ0n) is 17.0. The van der Waals surface area contributed by atoms with Gasteiger partial charge >= 0.3 is 0 Å². The summed E-state index contributed by atoms with van der Waals surface area (Å²) in [6.07, 6.45) is 0.859. The van der Waals surface area contributed by atoms with Crippen molar-refractivity contribution >= 4 is 66.0 Å². The summed E-state index contributed by atoms with van der Waals surface area (Å²) in [6.45, 7) is 2.49. The molecule has 0 bridgehead atoms. The molecule has 0 spiro atoms. The molecule has 1 N–H and O–H groups in total. The minimum atomic E-state index is -3.77. The van der Waals surface area contributed by atoms with E-state index in [1.54, 1.807) is 25.1 Å². The number of nitrogens with zero attached hydrogens (tertiary/aromatic N) is 1. The first-order valence-electron chi connectivity index (χ1n) is 9.97. The van der Waals surface area contributed by atoms with E-state index < -0.39 is 10.0 Å². The number of fused-ring (bicyclic) bond motifs is 2. The van der Waals surface area contributed by atoms with Crippen LogP contribution in [0.1, 0.15) is 22.3 Å². The molecule has 32 heavy (non-hydrogen) atoms. The fourth-order valence-corrected chi connectivity index (χ4v) is 7.11. The molecule has 8 heteroatoms. The Morgan fingerprint density at radius 2 is 1.78 bits per heavy atom. The number of anilines is 1. The SMILES string of the molecule is Cc1c(S(=O)(=O)Nc2cccc(C3=NCCc4ccc(Cl)cc43)c2)sc2ccc(Cl)cc12. The van der Waals surface area contributed by atoms with Crippen molar-refractivity contribution in [2.24, 2.45) is 4.99 Å². The van der Waals surface area contributed by atoms with Crippen LogP contribution in [0.5, 0.6) is 0 Å². The van der Waals surface area contributed by atoms with E-state index in [0.717, 1.165) is 33.3 Å². The summed E-state index contributed by atoms with van der Waals surface area (Å²) in [6, 6.07) is 18.5. The summed E-state index contributed by atoms with van der Waals surface area (Å²) in [7, 11) is -3.77. The summed E-state index contributed by atoms with van der Waals surface area (Å²) in [5.41, 5.74) is 5.01. The Kier molecular flexibility index (Phi) is 5.50. The molecule has 1 aliphatic rings. The lowest BCUT2D eigenvalue weighted by molar-refractivity contribution is 0.603. The summed E-state index contributed by atoms with van der Waals surface area (Å²) in [5, 5.41) is 2.08. The van der Waals surface area contributed by atoms with Crippen LogP contribution >= 0.6 is 34.5 Å². The average molecular weight is 501 g/mol. The third kappa shape index (κ3) is 3.92. The maximum atomic E-state index is 13.2. The van der Waals surface area contributed by atoms with Gasteiger partial charge in [-0.25, -0.2) is 8.42 Å². The van der Waals surface area contributed by atoms with E-state index in [0.29, 0.717) is 27.8 Å². The Labute approximate surface area is 200 Å². The highest BCUT2D eigenvalue weighted by molar-refractivity contribution is 7.94. The molecule has 3 aromatic carbocycles. The maximum absolute atomic E-state index is 13.2. The molecule has 0 fully saturated rings. The molecule has 0 aliphatic carbocycles. The summed E-state index contributed by atoms with van der Waals surface area (Å²) >= 11 is 13.6. The van der Waals surface area contributed by atoms with E-state index >= 15 is 0 Å². The topological polar surface area (TPSA) is 58.5 Å². The first kappa shape index (κ1) is 21.5. The molecular weight excluding hydrogens is 483 g/mol. The van der Waals surface area contributed by atoms with Gasteiger partial charge in [-0.1, -0.05) is 41.4 Å². The van der Waals surface area contributed by atoms with E-state index in [9.17, 15) is 8.42 Å². The summed E-state index contributed by atoms with van der Waals surface area (Å²) in [5.74, 6) is 0. The van der Waals surface area contributed by atoms with Crippen molar-refractivity contribution in [1.82, 2.24) is 0 Å². The van der Waals surface area contributed by atoms with Gasteiger partial charge in [0, 0.05) is 38.1 Å². The Morgan fingerprint density at radius 1 is 1.00 bits per heavy atom. The highest BCUT2D eigenvalue weighted by Crippen LogP contribution is 2.36. The van der Waals surface area contributed by atoms with E-state index in [4.69, 9.17) is 28.2 Å². The molecule has 0 saturated carbocycles. The second-order valence-electron chi connectivity index (χ2n) is 7.62. The van der Waals surface area contributed by atoms with Crippen LogP contribution in [0.15, 0.2) is 69.9 Å². The number of aliphatic imine (C=N–C) groups is 1. The van der Waals surface area contributed by atoms with Gasteiger partial charge in [-0.15, -0.1) is 11.3 Å². The van der Waals surface area contributed by atoms with Crippen LogP contribution in [0.4, 0.5) is 5.69 Å². The minimum Gasteiger partial charge on any atom is -0.284 e. The van der Waals surface area contributed by atoms with Crippen molar-refractivity contribution in [3.05, 3.63) is 93.0 Å². The second-order valence-corrected chi connectivity index (χ2v) is 11.4. The fourth-order valence-electron chi connectivity index (χ4n) is 3.97. The molecule has 5 rings (SSSR count). The van der Waals surface area contributed by atoms with Gasteiger partial charge in [0.1, 0.15) is 4.21 Å². The van der Waals surface area contributed by atoms with Crippen LogP contribution in [-0.4, -0.2) is 20.7 Å². The van der Waals surface area contributed by atoms with Gasteiger partial charge < -0.3 is 0 Å². The molecule has 0 radical (unpaired) electrons. The molecule has 4 aromatic rings. The Hall–Kier alpha value is -2.38. The largest absolute Gasteiger partial charge is 0.284 e. The van der Waals surface area contributed by atoms with Crippen LogP contribution in [0.3, 0.4) is 0 Å². The van der Waals surface area contributed by atoms with Crippen molar-refractivity contribution in [1.29, 1.82) is 0 Å². The Bertz CT molecular complexity index is 1510. The lowest BCUT2D eigenvalue weighted by atomic mass is 9.93. The zero-order chi connectivity index (χ0) is 22.5. The third-order valence-corrected chi connectivity index (χ3v) is 9.21. The molecular formula is C24H18Cl2N2O2S2. The number of hydrogen-bond donors (Lipinski definition) is 1. The first-order valence-corrected chi connectivity index (χ1v) is 13.0. The highest BCUT2D eigenvalue weighted by Gasteiger charge is 2.23. The molecule has 4 nitrogen and oxygen atoms in total. The second kappa shape index (κ2) is 8.19. The van der Waals surface area contributed by atoms with Gasteiger partial charge in [0.05, 0.1) is 5.71 Å². The van der Waals surface area contributed by atoms with E-state index in [1.807, 2.05) is 42.5 Å². The van der Waals surface area contributed by atoms with Gasteiger partial charge in [-0.05, 0) is 72.3 Å². The molecule has 1 aliphatic heterocycles. The van der Waals surface area contributed by atoms with Gasteiger partial charge in [0.2, 0.25) is 0 Å². The monoisotopic (exact) mass is 500 g/mol. The van der Waals surface area contributed by atoms with Crippen molar-refractivity contribution in [2.75, 3.05) is 11.3 Å². The third-order valence-electron chi connectivity index (χ3n) is 5.46. The predicted octanol–water partition coefficient (Wildman–Crippen LogP) is 6.71. The Balaban J connectivity index is 1.51. The maximum Gasteiger partial charge on any atom is 0.271 e. The van der Waals surface area contributed by atoms with Crippen molar-refractivity contribution in [3.63, 3.8) is 0 Å². The minimum absolute atomic E-state index is 0.285. The van der Waals surface area contributed by atoms with Gasteiger partial charge in [0.15, 0.2) is 0 Å². The van der Waals surface area contributed by atoms with Crippen LogP contribution < -0.4 is 4.72 Å². The van der Waals surface area contributed by atoms with Crippen LogP contribution in [0.2, 0.25) is 10.0 Å². The van der Waals surface area contributed by atoms with E-state index in [-0.39, 0.29) is 4.21 Å². The molecule has 2 heterocycles. The Morgan fingerprint density at radius 3 is 2.62 bits per heavy atom. The smallest absolute Gasteiger partial charge is 0.271 e. The number of nitrogens with one attached hydrogen (secondary N) is 1. The normalized spacial score (nSPS) is 13.7. The lowest BCUT2D eigenvalue weighted by Crippen LogP contribution is -2.16. The summed E-state index contributed by atoms with van der Waals surface area (Å²) in [4.78, 5) is 4.70. The van der Waals surface area contributed by atoms with Gasteiger partial charge in [-0.2, -0.15) is 0 Å². The molecule has 0 atom stereocenters. The highest BCUT2D eigenvalue weighted by atomic mass is 35.5. The van der Waals surface area contributed by atoms with Crippen LogP contribution in [-0.2, 0) is 16.4 Å². The van der Waals surface area contributed by atoms with Crippen molar-refractivity contribution in [3.8, 4) is 0 Å². The standard InChI is InChI=1S/C24H18Cl2N2O2S2/c1-14-20-12-18(26)7-8-22(20)31-24(14)32(29,30)28-19-4-2-3-16(11-19)23-21-13-17(25)6-5-15(21)9-10-27-23/h2-8,11-13,28H,9-10H2,1H3. The molecule has 1 aromatic heterocycles. The lowest BCUT2D eigenvalue weighted by Gasteiger charge is -2.18. The molecule has 0 saturated heterocycles. The quantitative estimate of drug-likeness (QED) is 0.338. The van der Waals surface area contributed by atoms with Crippen LogP contribution in [0.25, 0.3) is 10.1 Å². The average Bonchev–Trinajstić information content (AvgIpc) is 3.10. The molecule has 0 unspecified atom stereocenters. The number of sulfonamides is 1. The van der Waals surface area contributed by atoms with Gasteiger partial charge in [0.25, 0.3) is 10.0 Å². The number of thiophene rings is 1. The zero-order valence-corrected chi connectivity index (χ0v) is 20.2.